The number of hydrogen-bond acceptors (Lipinski definition) is 0. The van der Waals surface area contributed by atoms with Gasteiger partial charge in [-0.2, -0.15) is 0 Å². The molecule has 1 heterocycles. The number of nitrogens with one attached hydrogen (secondary N) is 1. The van der Waals surface area contributed by atoms with Crippen molar-refractivity contribution in [1.82, 2.24) is 4.98 Å². The quantitative estimate of drug-likeness (QED) is 0.726. The number of aromatic nitrogens is 1. The van der Waals surface area contributed by atoms with Gasteiger partial charge in [0.25, 0.3) is 0 Å². The molecule has 1 aromatic carbocycles. The smallest absolute Gasteiger partial charge is 0.132 e. The van der Waals surface area contributed by atoms with Gasteiger partial charge in [0.05, 0.1) is 0 Å². The summed E-state index contributed by atoms with van der Waals surface area (Å²) in [5.74, 6) is -0.131. The number of H-pyrrole nitrogens is 1. The van der Waals surface area contributed by atoms with Gasteiger partial charge in [-0.3, -0.25) is 0 Å². The highest BCUT2D eigenvalue weighted by Crippen LogP contribution is 2.27. The van der Waals surface area contributed by atoms with Gasteiger partial charge in [-0.05, 0) is 29.5 Å². The highest BCUT2D eigenvalue weighted by molar-refractivity contribution is 5.83. The molecule has 0 saturated carbocycles. The summed E-state index contributed by atoms with van der Waals surface area (Å²) in [6.07, 6.45) is 2.80. The van der Waals surface area contributed by atoms with Gasteiger partial charge < -0.3 is 4.98 Å². The Morgan fingerprint density at radius 1 is 1.27 bits per heavy atom. The Kier molecular flexibility index (Phi) is 2.29. The van der Waals surface area contributed by atoms with Crippen molar-refractivity contribution < 1.29 is 4.39 Å². The molecule has 2 aromatic rings. The molecule has 1 nitrogen and oxygen atoms in total. The first kappa shape index (κ1) is 10.2. The van der Waals surface area contributed by atoms with E-state index in [0.29, 0.717) is 0 Å². The van der Waals surface area contributed by atoms with E-state index in [1.54, 1.807) is 6.07 Å². The maximum atomic E-state index is 13.6. The van der Waals surface area contributed by atoms with Crippen LogP contribution >= 0.6 is 0 Å². The summed E-state index contributed by atoms with van der Waals surface area (Å²) in [6.45, 7) is 6.48. The summed E-state index contributed by atoms with van der Waals surface area (Å²) >= 11 is 0. The Bertz CT molecular complexity index is 477. The Morgan fingerprint density at radius 2 is 2.00 bits per heavy atom. The van der Waals surface area contributed by atoms with Crippen LogP contribution in [-0.4, -0.2) is 4.98 Å². The van der Waals surface area contributed by atoms with Gasteiger partial charge >= 0.3 is 0 Å². The molecule has 0 fully saturated rings. The Morgan fingerprint density at radius 3 is 2.67 bits per heavy atom. The number of hydrogen-bond donors (Lipinski definition) is 1. The first-order valence-corrected chi connectivity index (χ1v) is 5.22. The summed E-state index contributed by atoms with van der Waals surface area (Å²) in [6, 6.07) is 5.15. The van der Waals surface area contributed by atoms with Crippen LogP contribution < -0.4 is 0 Å². The van der Waals surface area contributed by atoms with E-state index in [-0.39, 0.29) is 11.2 Å². The van der Waals surface area contributed by atoms with E-state index in [1.807, 2.05) is 12.3 Å². The third-order valence-corrected chi connectivity index (χ3v) is 2.46. The summed E-state index contributed by atoms with van der Waals surface area (Å²) in [7, 11) is 0. The lowest BCUT2D eigenvalue weighted by atomic mass is 9.88. The van der Waals surface area contributed by atoms with Gasteiger partial charge in [-0.25, -0.2) is 4.39 Å². The second kappa shape index (κ2) is 3.37. The zero-order valence-corrected chi connectivity index (χ0v) is 9.39. The molecule has 0 unspecified atom stereocenters. The molecule has 15 heavy (non-hydrogen) atoms. The number of aromatic amines is 1. The Hall–Kier alpha value is -1.31. The first-order valence-electron chi connectivity index (χ1n) is 5.22. The fourth-order valence-electron chi connectivity index (χ4n) is 1.92. The van der Waals surface area contributed by atoms with Crippen LogP contribution in [0.5, 0.6) is 0 Å². The van der Waals surface area contributed by atoms with Crippen molar-refractivity contribution in [3.05, 3.63) is 35.8 Å². The lowest BCUT2D eigenvalue weighted by Gasteiger charge is -2.17. The lowest BCUT2D eigenvalue weighted by Crippen LogP contribution is -2.08. The van der Waals surface area contributed by atoms with Gasteiger partial charge in [0.1, 0.15) is 5.82 Å². The van der Waals surface area contributed by atoms with Crippen LogP contribution in [0.2, 0.25) is 0 Å². The Labute approximate surface area is 89.3 Å². The molecule has 2 rings (SSSR count). The average molecular weight is 205 g/mol. The molecule has 2 heteroatoms. The number of halogens is 1. The molecule has 1 N–H and O–H groups in total. The second-order valence-electron chi connectivity index (χ2n) is 5.21. The summed E-state index contributed by atoms with van der Waals surface area (Å²) in [4.78, 5) is 3.11. The molecule has 0 aliphatic carbocycles. The summed E-state index contributed by atoms with van der Waals surface area (Å²) in [5, 5.41) is 0.743. The van der Waals surface area contributed by atoms with E-state index in [2.05, 4.69) is 25.8 Å². The van der Waals surface area contributed by atoms with Crippen LogP contribution in [0.15, 0.2) is 24.4 Å². The molecule has 0 bridgehead atoms. The monoisotopic (exact) mass is 205 g/mol. The largest absolute Gasteiger partial charge is 0.361 e. The fourth-order valence-corrected chi connectivity index (χ4v) is 1.92. The van der Waals surface area contributed by atoms with Crippen LogP contribution in [0.3, 0.4) is 0 Å². The predicted molar refractivity (Wildman–Crippen MR) is 61.4 cm³/mol. The van der Waals surface area contributed by atoms with E-state index in [0.717, 1.165) is 22.9 Å². The van der Waals surface area contributed by atoms with Crippen molar-refractivity contribution in [2.75, 3.05) is 0 Å². The van der Waals surface area contributed by atoms with Gasteiger partial charge in [0, 0.05) is 17.1 Å². The van der Waals surface area contributed by atoms with Crippen molar-refractivity contribution in [1.29, 1.82) is 0 Å². The van der Waals surface area contributed by atoms with E-state index in [4.69, 9.17) is 0 Å². The molecule has 0 aliphatic rings. The van der Waals surface area contributed by atoms with E-state index >= 15 is 0 Å². The minimum Gasteiger partial charge on any atom is -0.361 e. The van der Waals surface area contributed by atoms with Gasteiger partial charge in [-0.1, -0.05) is 26.8 Å². The molecule has 80 valence electrons. The van der Waals surface area contributed by atoms with Crippen molar-refractivity contribution in [3.63, 3.8) is 0 Å². The molecule has 0 saturated heterocycles. The number of fused-ring (bicyclic) bond motifs is 1. The topological polar surface area (TPSA) is 15.8 Å². The van der Waals surface area contributed by atoms with Crippen molar-refractivity contribution in [2.24, 2.45) is 5.41 Å². The van der Waals surface area contributed by atoms with Crippen molar-refractivity contribution >= 4 is 10.9 Å². The molecular weight excluding hydrogens is 189 g/mol. The Balaban J connectivity index is 2.53. The highest BCUT2D eigenvalue weighted by Gasteiger charge is 2.16. The number of rotatable bonds is 1. The zero-order chi connectivity index (χ0) is 11.1. The van der Waals surface area contributed by atoms with Crippen LogP contribution in [0, 0.1) is 11.2 Å². The standard InChI is InChI=1S/C13H16FN/c1-13(2,3)7-9-8-15-11-6-4-5-10(14)12(9)11/h4-6,8,15H,7H2,1-3H3. The molecular formula is C13H16FN. The molecule has 0 amide bonds. The number of benzene rings is 1. The molecule has 0 atom stereocenters. The molecule has 0 aliphatic heterocycles. The normalized spacial score (nSPS) is 12.3. The highest BCUT2D eigenvalue weighted by atomic mass is 19.1. The van der Waals surface area contributed by atoms with E-state index in [1.165, 1.54) is 6.07 Å². The van der Waals surface area contributed by atoms with Gasteiger partial charge in [0.15, 0.2) is 0 Å². The van der Waals surface area contributed by atoms with Crippen LogP contribution in [-0.2, 0) is 6.42 Å². The summed E-state index contributed by atoms with van der Waals surface area (Å²) < 4.78 is 13.6. The molecule has 0 spiro atoms. The van der Waals surface area contributed by atoms with Crippen LogP contribution in [0.25, 0.3) is 10.9 Å². The average Bonchev–Trinajstić information content (AvgIpc) is 2.47. The maximum Gasteiger partial charge on any atom is 0.132 e. The van der Waals surface area contributed by atoms with Gasteiger partial charge in [0.2, 0.25) is 0 Å². The SMILES string of the molecule is CC(C)(C)Cc1c[nH]c2cccc(F)c12. The van der Waals surface area contributed by atoms with E-state index in [9.17, 15) is 4.39 Å². The van der Waals surface area contributed by atoms with E-state index < -0.39 is 0 Å². The van der Waals surface area contributed by atoms with Crippen molar-refractivity contribution in [3.8, 4) is 0 Å². The predicted octanol–water partition coefficient (Wildman–Crippen LogP) is 3.90. The van der Waals surface area contributed by atoms with Crippen LogP contribution in [0.4, 0.5) is 4.39 Å². The maximum absolute atomic E-state index is 13.6. The summed E-state index contributed by atoms with van der Waals surface area (Å²) in [5.41, 5.74) is 2.13. The zero-order valence-electron chi connectivity index (χ0n) is 9.39. The lowest BCUT2D eigenvalue weighted by molar-refractivity contribution is 0.412. The second-order valence-corrected chi connectivity index (χ2v) is 5.21. The van der Waals surface area contributed by atoms with Crippen LogP contribution in [0.1, 0.15) is 26.3 Å². The third kappa shape index (κ3) is 2.04. The minimum absolute atomic E-state index is 0.131. The fraction of sp³-hybridized carbons (Fsp3) is 0.385. The third-order valence-electron chi connectivity index (χ3n) is 2.46. The molecule has 0 radical (unpaired) electrons. The minimum atomic E-state index is -0.131. The molecule has 1 aromatic heterocycles. The van der Waals surface area contributed by atoms with Gasteiger partial charge in [-0.15, -0.1) is 0 Å². The van der Waals surface area contributed by atoms with Crippen molar-refractivity contribution in [2.45, 2.75) is 27.2 Å². The first-order chi connectivity index (χ1) is 6.97.